The van der Waals surface area contributed by atoms with Crippen molar-refractivity contribution in [3.8, 4) is 0 Å². The normalized spacial score (nSPS) is 11.2. The van der Waals surface area contributed by atoms with Crippen molar-refractivity contribution in [2.45, 2.75) is 39.3 Å². The molecule has 0 bridgehead atoms. The van der Waals surface area contributed by atoms with E-state index in [1.165, 1.54) is 10.9 Å². The van der Waals surface area contributed by atoms with Gasteiger partial charge >= 0.3 is 0 Å². The van der Waals surface area contributed by atoms with Gasteiger partial charge in [0.15, 0.2) is 0 Å². The molecule has 0 saturated carbocycles. The molecule has 5 nitrogen and oxygen atoms in total. The van der Waals surface area contributed by atoms with Gasteiger partial charge in [-0.15, -0.1) is 0 Å². The fourth-order valence-electron chi connectivity index (χ4n) is 2.98. The summed E-state index contributed by atoms with van der Waals surface area (Å²) >= 11 is 6.18. The standard InChI is InChI=1S/C19H23ClN4O/c1-3-24-12-16(20)18(22-24)13-23(2)19(25)10-6-7-14-11-21-17-9-5-4-8-15(14)17/h4-5,8-9,11-12,21H,3,6-7,10,13H2,1-2H3. The molecule has 2 heterocycles. The molecule has 25 heavy (non-hydrogen) atoms. The SMILES string of the molecule is CCn1cc(Cl)c(CN(C)C(=O)CCCc2c[nH]c3ccccc23)n1. The van der Waals surface area contributed by atoms with Gasteiger partial charge in [-0.3, -0.25) is 9.48 Å². The molecular formula is C19H23ClN4O. The Morgan fingerprint density at radius 3 is 2.92 bits per heavy atom. The van der Waals surface area contributed by atoms with Crippen LogP contribution in [0.2, 0.25) is 5.02 Å². The number of hydrogen-bond donors (Lipinski definition) is 1. The van der Waals surface area contributed by atoms with Gasteiger partial charge in [-0.25, -0.2) is 0 Å². The Balaban J connectivity index is 1.52. The molecule has 132 valence electrons. The second-order valence-electron chi connectivity index (χ2n) is 6.24. The number of rotatable bonds is 7. The molecule has 3 rings (SSSR count). The van der Waals surface area contributed by atoms with Crippen molar-refractivity contribution in [2.75, 3.05) is 7.05 Å². The van der Waals surface area contributed by atoms with Gasteiger partial charge in [0.1, 0.15) is 5.69 Å². The number of fused-ring (bicyclic) bond motifs is 1. The Hall–Kier alpha value is -2.27. The second kappa shape index (κ2) is 7.74. The van der Waals surface area contributed by atoms with Crippen LogP contribution >= 0.6 is 11.6 Å². The van der Waals surface area contributed by atoms with E-state index in [4.69, 9.17) is 11.6 Å². The van der Waals surface area contributed by atoms with Crippen molar-refractivity contribution >= 4 is 28.4 Å². The summed E-state index contributed by atoms with van der Waals surface area (Å²) in [7, 11) is 1.80. The quantitative estimate of drug-likeness (QED) is 0.693. The monoisotopic (exact) mass is 358 g/mol. The largest absolute Gasteiger partial charge is 0.361 e. The Morgan fingerprint density at radius 2 is 2.16 bits per heavy atom. The molecule has 6 heteroatoms. The fraction of sp³-hybridized carbons (Fsp3) is 0.368. The van der Waals surface area contributed by atoms with Crippen molar-refractivity contribution in [3.05, 3.63) is 52.9 Å². The van der Waals surface area contributed by atoms with Crippen LogP contribution in [0.25, 0.3) is 10.9 Å². The lowest BCUT2D eigenvalue weighted by Gasteiger charge is -2.16. The number of aryl methyl sites for hydroxylation is 2. The van der Waals surface area contributed by atoms with Crippen LogP contribution in [0.3, 0.4) is 0 Å². The van der Waals surface area contributed by atoms with Crippen molar-refractivity contribution in [3.63, 3.8) is 0 Å². The highest BCUT2D eigenvalue weighted by Crippen LogP contribution is 2.20. The highest BCUT2D eigenvalue weighted by Gasteiger charge is 2.14. The maximum absolute atomic E-state index is 12.4. The summed E-state index contributed by atoms with van der Waals surface area (Å²) in [5.74, 6) is 0.113. The van der Waals surface area contributed by atoms with E-state index in [-0.39, 0.29) is 5.91 Å². The highest BCUT2D eigenvalue weighted by molar-refractivity contribution is 6.31. The zero-order valence-corrected chi connectivity index (χ0v) is 15.4. The zero-order valence-electron chi connectivity index (χ0n) is 14.6. The molecule has 0 radical (unpaired) electrons. The predicted molar refractivity (Wildman–Crippen MR) is 101 cm³/mol. The minimum Gasteiger partial charge on any atom is -0.361 e. The van der Waals surface area contributed by atoms with Gasteiger partial charge in [0.25, 0.3) is 0 Å². The molecular weight excluding hydrogens is 336 g/mol. The maximum atomic E-state index is 12.4. The molecule has 3 aromatic rings. The van der Waals surface area contributed by atoms with Gasteiger partial charge in [0.05, 0.1) is 11.6 Å². The molecule has 0 aliphatic rings. The summed E-state index contributed by atoms with van der Waals surface area (Å²) < 4.78 is 1.78. The topological polar surface area (TPSA) is 53.9 Å². The van der Waals surface area contributed by atoms with Gasteiger partial charge in [-0.2, -0.15) is 5.10 Å². The number of aromatic nitrogens is 3. The molecule has 0 aliphatic heterocycles. The van der Waals surface area contributed by atoms with Crippen LogP contribution in [0.4, 0.5) is 0 Å². The van der Waals surface area contributed by atoms with Crippen molar-refractivity contribution in [1.82, 2.24) is 19.7 Å². The van der Waals surface area contributed by atoms with Gasteiger partial charge in [-0.1, -0.05) is 29.8 Å². The summed E-state index contributed by atoms with van der Waals surface area (Å²) in [6.07, 6.45) is 6.06. The molecule has 1 aromatic carbocycles. The average Bonchev–Trinajstić information content (AvgIpc) is 3.18. The Kier molecular flexibility index (Phi) is 5.43. The molecule has 1 amide bonds. The summed E-state index contributed by atoms with van der Waals surface area (Å²) in [5, 5.41) is 6.24. The van der Waals surface area contributed by atoms with E-state index >= 15 is 0 Å². The summed E-state index contributed by atoms with van der Waals surface area (Å²) in [6.45, 7) is 3.21. The predicted octanol–water partition coefficient (Wildman–Crippen LogP) is 4.02. The van der Waals surface area contributed by atoms with Gasteiger partial charge in [0.2, 0.25) is 5.91 Å². The van der Waals surface area contributed by atoms with E-state index in [0.717, 1.165) is 30.6 Å². The number of para-hydroxylation sites is 1. The number of benzene rings is 1. The van der Waals surface area contributed by atoms with E-state index < -0.39 is 0 Å². The number of carbonyl (C=O) groups is 1. The van der Waals surface area contributed by atoms with Gasteiger partial charge in [-0.05, 0) is 31.4 Å². The van der Waals surface area contributed by atoms with Crippen LogP contribution in [0.15, 0.2) is 36.7 Å². The zero-order chi connectivity index (χ0) is 17.8. The van der Waals surface area contributed by atoms with E-state index in [9.17, 15) is 4.79 Å². The van der Waals surface area contributed by atoms with Crippen LogP contribution < -0.4 is 0 Å². The maximum Gasteiger partial charge on any atom is 0.222 e. The Bertz CT molecular complexity index is 867. The summed E-state index contributed by atoms with van der Waals surface area (Å²) in [4.78, 5) is 17.3. The van der Waals surface area contributed by atoms with E-state index in [2.05, 4.69) is 22.2 Å². The Morgan fingerprint density at radius 1 is 1.36 bits per heavy atom. The first-order chi connectivity index (χ1) is 12.1. The lowest BCUT2D eigenvalue weighted by molar-refractivity contribution is -0.130. The molecule has 0 unspecified atom stereocenters. The smallest absolute Gasteiger partial charge is 0.222 e. The van der Waals surface area contributed by atoms with E-state index in [0.29, 0.717) is 18.0 Å². The number of nitrogens with one attached hydrogen (secondary N) is 1. The number of nitrogens with zero attached hydrogens (tertiary/aromatic N) is 3. The molecule has 0 fully saturated rings. The van der Waals surface area contributed by atoms with Crippen molar-refractivity contribution < 1.29 is 4.79 Å². The minimum atomic E-state index is 0.113. The van der Waals surface area contributed by atoms with Crippen molar-refractivity contribution in [2.24, 2.45) is 0 Å². The second-order valence-corrected chi connectivity index (χ2v) is 6.65. The summed E-state index contributed by atoms with van der Waals surface area (Å²) in [6, 6.07) is 8.24. The van der Waals surface area contributed by atoms with E-state index in [1.54, 1.807) is 22.8 Å². The van der Waals surface area contributed by atoms with Crippen LogP contribution in [0, 0.1) is 0 Å². The molecule has 2 aromatic heterocycles. The molecule has 0 saturated heterocycles. The molecule has 0 spiro atoms. The van der Waals surface area contributed by atoms with E-state index in [1.807, 2.05) is 25.3 Å². The number of H-pyrrole nitrogens is 1. The summed E-state index contributed by atoms with van der Waals surface area (Å²) in [5.41, 5.74) is 3.15. The highest BCUT2D eigenvalue weighted by atomic mass is 35.5. The third kappa shape index (κ3) is 4.04. The average molecular weight is 359 g/mol. The van der Waals surface area contributed by atoms with Crippen LogP contribution in [0.5, 0.6) is 0 Å². The molecule has 1 N–H and O–H groups in total. The lowest BCUT2D eigenvalue weighted by Crippen LogP contribution is -2.26. The molecule has 0 atom stereocenters. The first-order valence-corrected chi connectivity index (χ1v) is 8.97. The first-order valence-electron chi connectivity index (χ1n) is 8.59. The minimum absolute atomic E-state index is 0.113. The van der Waals surface area contributed by atoms with Crippen LogP contribution in [-0.4, -0.2) is 32.6 Å². The van der Waals surface area contributed by atoms with Gasteiger partial charge < -0.3 is 9.88 Å². The van der Waals surface area contributed by atoms with Gasteiger partial charge in [0, 0.05) is 43.3 Å². The number of hydrogen-bond acceptors (Lipinski definition) is 2. The first kappa shape index (κ1) is 17.5. The number of aromatic amines is 1. The van der Waals surface area contributed by atoms with Crippen molar-refractivity contribution in [1.29, 1.82) is 0 Å². The third-order valence-corrected chi connectivity index (χ3v) is 4.75. The number of halogens is 1. The van der Waals surface area contributed by atoms with Crippen LogP contribution in [0.1, 0.15) is 31.0 Å². The molecule has 0 aliphatic carbocycles. The van der Waals surface area contributed by atoms with Crippen LogP contribution in [-0.2, 0) is 24.3 Å². The number of amides is 1. The third-order valence-electron chi connectivity index (χ3n) is 4.44. The number of carbonyl (C=O) groups excluding carboxylic acids is 1. The Labute approximate surface area is 152 Å². The lowest BCUT2D eigenvalue weighted by atomic mass is 10.1. The fourth-order valence-corrected chi connectivity index (χ4v) is 3.19.